The minimum Gasteiger partial charge on any atom is -0.477 e. The first kappa shape index (κ1) is 15.8. The highest BCUT2D eigenvalue weighted by Crippen LogP contribution is 2.26. The van der Waals surface area contributed by atoms with Gasteiger partial charge in [-0.1, -0.05) is 35.0 Å². The molecule has 0 aliphatic heterocycles. The number of carbonyl (C=O) groups is 1. The second-order valence-electron chi connectivity index (χ2n) is 4.28. The largest absolute Gasteiger partial charge is 0.477 e. The summed E-state index contributed by atoms with van der Waals surface area (Å²) in [6, 6.07) is 7.41. The minimum atomic E-state index is -0.996. The van der Waals surface area contributed by atoms with Gasteiger partial charge in [0.15, 0.2) is 0 Å². The number of aromatic amines is 1. The van der Waals surface area contributed by atoms with E-state index in [-0.39, 0.29) is 4.91 Å². The molecule has 0 saturated carbocycles. The molecule has 0 aliphatic rings. The highest BCUT2D eigenvalue weighted by Gasteiger charge is 2.13. The maximum Gasteiger partial charge on any atom is 0.342 e. The standard InChI is InChI=1S/C14H14BrN3O2S/c1-2-3-12-16-14(18-17-12)21-11(13(19)20)8-9-4-6-10(15)7-5-9/h4-8H,2-3H2,1H3,(H,19,20)(H,16,17,18)/b11-8-. The van der Waals surface area contributed by atoms with E-state index in [1.165, 1.54) is 0 Å². The molecule has 21 heavy (non-hydrogen) atoms. The lowest BCUT2D eigenvalue weighted by molar-refractivity contribution is -0.131. The van der Waals surface area contributed by atoms with Gasteiger partial charge in [0.2, 0.25) is 5.16 Å². The summed E-state index contributed by atoms with van der Waals surface area (Å²) in [5, 5.41) is 16.6. The van der Waals surface area contributed by atoms with Crippen molar-refractivity contribution in [3.05, 3.63) is 45.0 Å². The zero-order valence-corrected chi connectivity index (χ0v) is 13.7. The third kappa shape index (κ3) is 4.71. The van der Waals surface area contributed by atoms with E-state index in [1.807, 2.05) is 31.2 Å². The van der Waals surface area contributed by atoms with E-state index in [1.54, 1.807) is 6.08 Å². The molecule has 7 heteroatoms. The van der Waals surface area contributed by atoms with Gasteiger partial charge in [0.05, 0.1) is 0 Å². The van der Waals surface area contributed by atoms with Gasteiger partial charge in [-0.25, -0.2) is 9.78 Å². The molecule has 0 spiro atoms. The predicted molar refractivity (Wildman–Crippen MR) is 86.0 cm³/mol. The molecular formula is C14H14BrN3O2S. The van der Waals surface area contributed by atoms with Crippen molar-refractivity contribution in [1.82, 2.24) is 15.2 Å². The predicted octanol–water partition coefficient (Wildman–Crippen LogP) is 3.74. The van der Waals surface area contributed by atoms with Crippen LogP contribution in [0.2, 0.25) is 0 Å². The van der Waals surface area contributed by atoms with Gasteiger partial charge in [0.25, 0.3) is 0 Å². The highest BCUT2D eigenvalue weighted by atomic mass is 79.9. The number of halogens is 1. The van der Waals surface area contributed by atoms with Crippen LogP contribution >= 0.6 is 27.7 Å². The molecule has 2 aromatic rings. The molecule has 0 unspecified atom stereocenters. The molecule has 5 nitrogen and oxygen atoms in total. The van der Waals surface area contributed by atoms with Crippen molar-refractivity contribution in [2.75, 3.05) is 0 Å². The van der Waals surface area contributed by atoms with Crippen LogP contribution in [-0.4, -0.2) is 26.3 Å². The number of rotatable bonds is 6. The van der Waals surface area contributed by atoms with E-state index in [0.717, 1.165) is 40.5 Å². The SMILES string of the molecule is CCCc1nc(S/C(=C\c2ccc(Br)cc2)C(=O)O)n[nH]1. The van der Waals surface area contributed by atoms with Gasteiger partial charge in [0.1, 0.15) is 10.7 Å². The zero-order chi connectivity index (χ0) is 15.2. The van der Waals surface area contributed by atoms with Crippen molar-refractivity contribution >= 4 is 39.7 Å². The monoisotopic (exact) mass is 367 g/mol. The molecule has 0 saturated heterocycles. The first-order valence-electron chi connectivity index (χ1n) is 6.38. The number of hydrogen-bond donors (Lipinski definition) is 2. The van der Waals surface area contributed by atoms with Gasteiger partial charge in [-0.2, -0.15) is 0 Å². The lowest BCUT2D eigenvalue weighted by Crippen LogP contribution is -1.97. The number of carboxylic acids is 1. The normalized spacial score (nSPS) is 11.6. The Morgan fingerprint density at radius 1 is 1.43 bits per heavy atom. The lowest BCUT2D eigenvalue weighted by atomic mass is 10.2. The number of nitrogens with zero attached hydrogens (tertiary/aromatic N) is 2. The number of benzene rings is 1. The number of carboxylic acid groups (broad SMARTS) is 1. The van der Waals surface area contributed by atoms with Gasteiger partial charge >= 0.3 is 5.97 Å². The molecule has 2 N–H and O–H groups in total. The summed E-state index contributed by atoms with van der Waals surface area (Å²) < 4.78 is 0.947. The van der Waals surface area contributed by atoms with Crippen LogP contribution in [0.15, 0.2) is 38.8 Å². The van der Waals surface area contributed by atoms with Crippen LogP contribution in [0.3, 0.4) is 0 Å². The smallest absolute Gasteiger partial charge is 0.342 e. The fraction of sp³-hybridized carbons (Fsp3) is 0.214. The molecule has 0 aliphatic carbocycles. The van der Waals surface area contributed by atoms with Crippen LogP contribution in [0.25, 0.3) is 6.08 Å². The Morgan fingerprint density at radius 3 is 2.76 bits per heavy atom. The average molecular weight is 368 g/mol. The number of hydrogen-bond acceptors (Lipinski definition) is 4. The summed E-state index contributed by atoms with van der Waals surface area (Å²) in [6.45, 7) is 2.05. The maximum absolute atomic E-state index is 11.3. The minimum absolute atomic E-state index is 0.180. The van der Waals surface area contributed by atoms with E-state index in [2.05, 4.69) is 31.1 Å². The molecule has 0 radical (unpaired) electrons. The van der Waals surface area contributed by atoms with E-state index >= 15 is 0 Å². The Morgan fingerprint density at radius 2 is 2.14 bits per heavy atom. The third-order valence-corrected chi connectivity index (χ3v) is 3.98. The zero-order valence-electron chi connectivity index (χ0n) is 11.3. The molecule has 1 aromatic heterocycles. The molecule has 1 aromatic carbocycles. The van der Waals surface area contributed by atoms with Crippen LogP contribution in [0.5, 0.6) is 0 Å². The van der Waals surface area contributed by atoms with Crippen molar-refractivity contribution in [1.29, 1.82) is 0 Å². The molecule has 0 bridgehead atoms. The van der Waals surface area contributed by atoms with Gasteiger partial charge in [-0.15, -0.1) is 5.10 Å². The van der Waals surface area contributed by atoms with Crippen LogP contribution in [-0.2, 0) is 11.2 Å². The molecule has 0 fully saturated rings. The quantitative estimate of drug-likeness (QED) is 0.600. The van der Waals surface area contributed by atoms with Crippen molar-refractivity contribution < 1.29 is 9.90 Å². The number of aliphatic carboxylic acids is 1. The fourth-order valence-electron chi connectivity index (χ4n) is 1.62. The molecule has 0 atom stereocenters. The number of H-pyrrole nitrogens is 1. The molecule has 2 rings (SSSR count). The third-order valence-electron chi connectivity index (χ3n) is 2.58. The number of thioether (sulfide) groups is 1. The summed E-state index contributed by atoms with van der Waals surface area (Å²) in [7, 11) is 0. The van der Waals surface area contributed by atoms with Gasteiger partial charge in [-0.05, 0) is 42.0 Å². The second-order valence-corrected chi connectivity index (χ2v) is 6.21. The Labute approximate surface area is 135 Å². The summed E-state index contributed by atoms with van der Waals surface area (Å²) in [6.07, 6.45) is 3.36. The number of aryl methyl sites for hydroxylation is 1. The Bertz CT molecular complexity index is 652. The highest BCUT2D eigenvalue weighted by molar-refractivity contribution is 9.10. The van der Waals surface area contributed by atoms with Gasteiger partial charge < -0.3 is 5.11 Å². The number of nitrogens with one attached hydrogen (secondary N) is 1. The summed E-state index contributed by atoms with van der Waals surface area (Å²) >= 11 is 4.38. The Balaban J connectivity index is 2.18. The van der Waals surface area contributed by atoms with Crippen LogP contribution in [0.1, 0.15) is 24.7 Å². The topological polar surface area (TPSA) is 78.9 Å². The van der Waals surface area contributed by atoms with Crippen LogP contribution in [0, 0.1) is 0 Å². The second kappa shape index (κ2) is 7.42. The van der Waals surface area contributed by atoms with Crippen molar-refractivity contribution in [3.63, 3.8) is 0 Å². The van der Waals surface area contributed by atoms with Gasteiger partial charge in [-0.3, -0.25) is 5.10 Å². The van der Waals surface area contributed by atoms with E-state index in [0.29, 0.717) is 5.16 Å². The summed E-state index contributed by atoms with van der Waals surface area (Å²) in [5.41, 5.74) is 0.812. The summed E-state index contributed by atoms with van der Waals surface area (Å²) in [5.74, 6) is -0.224. The molecule has 0 amide bonds. The first-order valence-corrected chi connectivity index (χ1v) is 7.99. The van der Waals surface area contributed by atoms with E-state index < -0.39 is 5.97 Å². The molecule has 110 valence electrons. The van der Waals surface area contributed by atoms with E-state index in [4.69, 9.17) is 0 Å². The molecule has 1 heterocycles. The van der Waals surface area contributed by atoms with Crippen LogP contribution < -0.4 is 0 Å². The molecular weight excluding hydrogens is 354 g/mol. The fourth-order valence-corrected chi connectivity index (χ4v) is 2.61. The lowest BCUT2D eigenvalue weighted by Gasteiger charge is -1.99. The number of aromatic nitrogens is 3. The maximum atomic E-state index is 11.3. The van der Waals surface area contributed by atoms with Gasteiger partial charge in [0, 0.05) is 10.9 Å². The summed E-state index contributed by atoms with van der Waals surface area (Å²) in [4.78, 5) is 15.8. The van der Waals surface area contributed by atoms with Crippen LogP contribution in [0.4, 0.5) is 0 Å². The Hall–Kier alpha value is -1.60. The Kier molecular flexibility index (Phi) is 5.58. The van der Waals surface area contributed by atoms with Crippen molar-refractivity contribution in [2.24, 2.45) is 0 Å². The first-order chi connectivity index (χ1) is 10.1. The van der Waals surface area contributed by atoms with E-state index in [9.17, 15) is 9.90 Å². The van der Waals surface area contributed by atoms with Crippen molar-refractivity contribution in [2.45, 2.75) is 24.9 Å². The average Bonchev–Trinajstić information content (AvgIpc) is 2.88. The van der Waals surface area contributed by atoms with Crippen molar-refractivity contribution in [3.8, 4) is 0 Å².